The van der Waals surface area contributed by atoms with Crippen LogP contribution < -0.4 is 5.32 Å². The number of nitrogens with one attached hydrogen (secondary N) is 1. The zero-order valence-corrected chi connectivity index (χ0v) is 14.9. The Morgan fingerprint density at radius 2 is 2.13 bits per heavy atom. The second kappa shape index (κ2) is 7.30. The third-order valence-corrected chi connectivity index (χ3v) is 4.02. The van der Waals surface area contributed by atoms with E-state index in [0.717, 1.165) is 18.5 Å². The Labute approximate surface area is 139 Å². The first-order valence-electron chi connectivity index (χ1n) is 8.48. The summed E-state index contributed by atoms with van der Waals surface area (Å²) in [6, 6.07) is 4.76. The number of rotatable bonds is 3. The monoisotopic (exact) mass is 319 g/mol. The minimum atomic E-state index is -0.520. The Bertz CT molecular complexity index is 537. The second-order valence-electron chi connectivity index (χ2n) is 7.41. The molecule has 1 saturated heterocycles. The Kier molecular flexibility index (Phi) is 5.63. The number of carbonyl (C=O) groups excluding carboxylic acids is 1. The molecule has 0 saturated carbocycles. The van der Waals surface area contributed by atoms with Crippen molar-refractivity contribution in [3.63, 3.8) is 0 Å². The van der Waals surface area contributed by atoms with Crippen LogP contribution in [0.1, 0.15) is 65.5 Å². The van der Waals surface area contributed by atoms with Crippen molar-refractivity contribution in [2.45, 2.75) is 71.6 Å². The first-order valence-corrected chi connectivity index (χ1v) is 8.48. The molecule has 23 heavy (non-hydrogen) atoms. The number of nitrogens with zero attached hydrogens (tertiary/aromatic N) is 2. The molecule has 128 valence electrons. The van der Waals surface area contributed by atoms with E-state index < -0.39 is 11.7 Å². The predicted octanol–water partition coefficient (Wildman–Crippen LogP) is 4.36. The van der Waals surface area contributed by atoms with Gasteiger partial charge in [0.25, 0.3) is 0 Å². The molecule has 1 amide bonds. The Balaban J connectivity index is 2.21. The highest BCUT2D eigenvalue weighted by molar-refractivity contribution is 5.84. The summed E-state index contributed by atoms with van der Waals surface area (Å²) in [7, 11) is 0. The SMILES string of the molecule is CC(C)N1CCCC[C@@H]1c1cccnc1NC(=O)OC(C)(C)C. The van der Waals surface area contributed by atoms with Gasteiger partial charge in [-0.15, -0.1) is 0 Å². The van der Waals surface area contributed by atoms with E-state index in [-0.39, 0.29) is 0 Å². The van der Waals surface area contributed by atoms with Crippen LogP contribution in [0.15, 0.2) is 18.3 Å². The summed E-state index contributed by atoms with van der Waals surface area (Å²) in [6.07, 6.45) is 4.77. The third kappa shape index (κ3) is 4.93. The number of aromatic nitrogens is 1. The highest BCUT2D eigenvalue weighted by atomic mass is 16.6. The molecule has 0 aromatic carbocycles. The van der Waals surface area contributed by atoms with E-state index in [9.17, 15) is 4.79 Å². The van der Waals surface area contributed by atoms with Crippen LogP contribution in [0, 0.1) is 0 Å². The highest BCUT2D eigenvalue weighted by Crippen LogP contribution is 2.35. The van der Waals surface area contributed by atoms with E-state index in [1.165, 1.54) is 12.8 Å². The van der Waals surface area contributed by atoms with Gasteiger partial charge in [0.15, 0.2) is 0 Å². The lowest BCUT2D eigenvalue weighted by molar-refractivity contribution is 0.0634. The Morgan fingerprint density at radius 1 is 1.39 bits per heavy atom. The summed E-state index contributed by atoms with van der Waals surface area (Å²) in [4.78, 5) is 19.0. The molecule has 0 aliphatic carbocycles. The van der Waals surface area contributed by atoms with Gasteiger partial charge < -0.3 is 4.74 Å². The maximum Gasteiger partial charge on any atom is 0.413 e. The lowest BCUT2D eigenvalue weighted by atomic mass is 9.94. The van der Waals surface area contributed by atoms with Crippen LogP contribution in [0.25, 0.3) is 0 Å². The van der Waals surface area contributed by atoms with Gasteiger partial charge in [-0.1, -0.05) is 12.5 Å². The quantitative estimate of drug-likeness (QED) is 0.899. The van der Waals surface area contributed by atoms with E-state index in [1.54, 1.807) is 6.20 Å². The van der Waals surface area contributed by atoms with Crippen molar-refractivity contribution in [2.24, 2.45) is 0 Å². The number of likely N-dealkylation sites (tertiary alicyclic amines) is 1. The first kappa shape index (κ1) is 17.7. The van der Waals surface area contributed by atoms with Crippen LogP contribution in [0.5, 0.6) is 0 Å². The van der Waals surface area contributed by atoms with Crippen LogP contribution >= 0.6 is 0 Å². The fourth-order valence-electron chi connectivity index (χ4n) is 3.10. The molecule has 0 bridgehead atoms. The summed E-state index contributed by atoms with van der Waals surface area (Å²) >= 11 is 0. The maximum atomic E-state index is 12.1. The van der Waals surface area contributed by atoms with E-state index in [0.29, 0.717) is 17.9 Å². The predicted molar refractivity (Wildman–Crippen MR) is 92.5 cm³/mol. The molecule has 0 unspecified atom stereocenters. The zero-order chi connectivity index (χ0) is 17.0. The summed E-state index contributed by atoms with van der Waals surface area (Å²) in [6.45, 7) is 11.1. The number of hydrogen-bond donors (Lipinski definition) is 1. The summed E-state index contributed by atoms with van der Waals surface area (Å²) in [5, 5.41) is 2.82. The van der Waals surface area contributed by atoms with Gasteiger partial charge in [-0.25, -0.2) is 9.78 Å². The minimum Gasteiger partial charge on any atom is -0.444 e. The summed E-state index contributed by atoms with van der Waals surface area (Å²) < 4.78 is 5.35. The van der Waals surface area contributed by atoms with Crippen molar-refractivity contribution in [1.82, 2.24) is 9.88 Å². The van der Waals surface area contributed by atoms with Gasteiger partial charge >= 0.3 is 6.09 Å². The molecule has 1 fully saturated rings. The molecule has 5 heteroatoms. The number of carbonyl (C=O) groups is 1. The van der Waals surface area contributed by atoms with E-state index in [2.05, 4.69) is 35.1 Å². The van der Waals surface area contributed by atoms with Crippen LogP contribution in [0.3, 0.4) is 0 Å². The molecule has 5 nitrogen and oxygen atoms in total. The molecular formula is C18H29N3O2. The van der Waals surface area contributed by atoms with E-state index in [1.807, 2.05) is 26.8 Å². The van der Waals surface area contributed by atoms with Gasteiger partial charge in [0.1, 0.15) is 11.4 Å². The van der Waals surface area contributed by atoms with Crippen molar-refractivity contribution < 1.29 is 9.53 Å². The average molecular weight is 319 g/mol. The molecular weight excluding hydrogens is 290 g/mol. The number of piperidine rings is 1. The molecule has 1 aromatic rings. The average Bonchev–Trinajstić information content (AvgIpc) is 2.45. The van der Waals surface area contributed by atoms with Crippen LogP contribution in [0.2, 0.25) is 0 Å². The smallest absolute Gasteiger partial charge is 0.413 e. The molecule has 0 radical (unpaired) electrons. The van der Waals surface area contributed by atoms with Crippen molar-refractivity contribution >= 4 is 11.9 Å². The zero-order valence-electron chi connectivity index (χ0n) is 14.9. The van der Waals surface area contributed by atoms with E-state index in [4.69, 9.17) is 4.74 Å². The maximum absolute atomic E-state index is 12.1. The van der Waals surface area contributed by atoms with Crippen LogP contribution in [-0.2, 0) is 4.74 Å². The molecule has 1 aromatic heterocycles. The second-order valence-corrected chi connectivity index (χ2v) is 7.41. The standard InChI is InChI=1S/C18H29N3O2/c1-13(2)21-12-7-6-10-15(21)14-9-8-11-19-16(14)20-17(22)23-18(3,4)5/h8-9,11,13,15H,6-7,10,12H2,1-5H3,(H,19,20,22)/t15-/m1/s1. The van der Waals surface area contributed by atoms with Gasteiger partial charge in [-0.2, -0.15) is 0 Å². The molecule has 0 spiro atoms. The van der Waals surface area contributed by atoms with Gasteiger partial charge in [0, 0.05) is 23.8 Å². The van der Waals surface area contributed by atoms with Gasteiger partial charge in [-0.3, -0.25) is 10.2 Å². The lowest BCUT2D eigenvalue weighted by Gasteiger charge is -2.39. The summed E-state index contributed by atoms with van der Waals surface area (Å²) in [5.74, 6) is 0.610. The van der Waals surface area contributed by atoms with Crippen molar-refractivity contribution in [1.29, 1.82) is 0 Å². The molecule has 2 heterocycles. The molecule has 1 N–H and O–H groups in total. The van der Waals surface area contributed by atoms with Gasteiger partial charge in [0.05, 0.1) is 0 Å². The number of hydrogen-bond acceptors (Lipinski definition) is 4. The number of pyridine rings is 1. The molecule has 1 aliphatic heterocycles. The Hall–Kier alpha value is -1.62. The van der Waals surface area contributed by atoms with Crippen molar-refractivity contribution in [3.8, 4) is 0 Å². The topological polar surface area (TPSA) is 54.5 Å². The molecule has 2 rings (SSSR count). The lowest BCUT2D eigenvalue weighted by Crippen LogP contribution is -2.39. The van der Waals surface area contributed by atoms with E-state index >= 15 is 0 Å². The Morgan fingerprint density at radius 3 is 2.78 bits per heavy atom. The summed E-state index contributed by atoms with van der Waals surface area (Å²) in [5.41, 5.74) is 0.556. The number of amides is 1. The fourth-order valence-corrected chi connectivity index (χ4v) is 3.10. The molecule has 1 aliphatic rings. The minimum absolute atomic E-state index is 0.294. The van der Waals surface area contributed by atoms with Crippen LogP contribution in [-0.4, -0.2) is 34.2 Å². The van der Waals surface area contributed by atoms with Crippen molar-refractivity contribution in [2.75, 3.05) is 11.9 Å². The fraction of sp³-hybridized carbons (Fsp3) is 0.667. The van der Waals surface area contributed by atoms with Gasteiger partial charge in [-0.05, 0) is 60.1 Å². The number of anilines is 1. The van der Waals surface area contributed by atoms with Crippen molar-refractivity contribution in [3.05, 3.63) is 23.9 Å². The first-order chi connectivity index (χ1) is 10.8. The van der Waals surface area contributed by atoms with Gasteiger partial charge in [0.2, 0.25) is 0 Å². The third-order valence-electron chi connectivity index (χ3n) is 4.02. The molecule has 1 atom stereocenters. The normalized spacial score (nSPS) is 19.7. The highest BCUT2D eigenvalue weighted by Gasteiger charge is 2.28. The van der Waals surface area contributed by atoms with Crippen LogP contribution in [0.4, 0.5) is 10.6 Å². The largest absolute Gasteiger partial charge is 0.444 e. The number of ether oxygens (including phenoxy) is 1.